The number of hydrogen-bond acceptors (Lipinski definition) is 2. The summed E-state index contributed by atoms with van der Waals surface area (Å²) in [6.07, 6.45) is 5.56. The van der Waals surface area contributed by atoms with Gasteiger partial charge < -0.3 is 10.6 Å². The summed E-state index contributed by atoms with van der Waals surface area (Å²) in [6.45, 7) is 8.23. The van der Waals surface area contributed by atoms with Crippen LogP contribution in [0.25, 0.3) is 0 Å². The molecule has 1 aliphatic carbocycles. The van der Waals surface area contributed by atoms with Crippen LogP contribution in [0.4, 0.5) is 0 Å². The molecule has 2 fully saturated rings. The van der Waals surface area contributed by atoms with E-state index >= 15 is 0 Å². The minimum Gasteiger partial charge on any atom is -0.339 e. The van der Waals surface area contributed by atoms with Gasteiger partial charge in [-0.3, -0.25) is 4.79 Å². The van der Waals surface area contributed by atoms with Crippen LogP contribution in [0.2, 0.25) is 0 Å². The Labute approximate surface area is 123 Å². The van der Waals surface area contributed by atoms with Crippen molar-refractivity contribution >= 4 is 18.3 Å². The van der Waals surface area contributed by atoms with Crippen molar-refractivity contribution in [2.45, 2.75) is 58.9 Å². The van der Waals surface area contributed by atoms with Crippen molar-refractivity contribution in [2.75, 3.05) is 13.1 Å². The fraction of sp³-hybridized carbons (Fsp3) is 0.933. The number of carbonyl (C=O) groups is 1. The maximum absolute atomic E-state index is 12.8. The Hall–Kier alpha value is -0.280. The minimum absolute atomic E-state index is 0. The summed E-state index contributed by atoms with van der Waals surface area (Å²) in [5, 5.41) is 0. The summed E-state index contributed by atoms with van der Waals surface area (Å²) in [6, 6.07) is 0.385. The summed E-state index contributed by atoms with van der Waals surface area (Å²) in [5.74, 6) is 1.54. The highest BCUT2D eigenvalue weighted by molar-refractivity contribution is 5.85. The van der Waals surface area contributed by atoms with Gasteiger partial charge in [-0.1, -0.05) is 20.3 Å². The largest absolute Gasteiger partial charge is 0.339 e. The van der Waals surface area contributed by atoms with Crippen molar-refractivity contribution in [3.05, 3.63) is 0 Å². The van der Waals surface area contributed by atoms with E-state index in [2.05, 4.69) is 25.7 Å². The van der Waals surface area contributed by atoms with Crippen LogP contribution in [0.15, 0.2) is 0 Å². The average Bonchev–Trinajstić information content (AvgIpc) is 2.64. The third kappa shape index (κ3) is 3.25. The standard InChI is InChI=1S/C15H28N2O.ClH/c1-11(2)8-15(5-4-6-15)14(18)17-10-13(9-16)7-12(17)3;/h11-13H,4-10,16H2,1-3H3;1H. The average molecular weight is 289 g/mol. The second kappa shape index (κ2) is 6.45. The predicted octanol–water partition coefficient (Wildman–Crippen LogP) is 2.82. The maximum Gasteiger partial charge on any atom is 0.229 e. The quantitative estimate of drug-likeness (QED) is 0.865. The molecule has 1 heterocycles. The zero-order chi connectivity index (χ0) is 13.3. The lowest BCUT2D eigenvalue weighted by atomic mass is 9.63. The number of amides is 1. The second-order valence-corrected chi connectivity index (χ2v) is 6.88. The van der Waals surface area contributed by atoms with Crippen LogP contribution >= 0.6 is 12.4 Å². The van der Waals surface area contributed by atoms with Gasteiger partial charge in [-0.2, -0.15) is 0 Å². The van der Waals surface area contributed by atoms with E-state index in [-0.39, 0.29) is 17.8 Å². The molecule has 0 spiro atoms. The highest BCUT2D eigenvalue weighted by atomic mass is 35.5. The number of nitrogens with zero attached hydrogens (tertiary/aromatic N) is 1. The zero-order valence-corrected chi connectivity index (χ0v) is 13.3. The SMILES string of the molecule is CC(C)CC1(C(=O)N2CC(CN)CC2C)CCC1.Cl. The van der Waals surface area contributed by atoms with Crippen LogP contribution in [0.1, 0.15) is 52.9 Å². The van der Waals surface area contributed by atoms with Crippen LogP contribution in [-0.2, 0) is 4.79 Å². The smallest absolute Gasteiger partial charge is 0.229 e. The number of hydrogen-bond donors (Lipinski definition) is 1. The van der Waals surface area contributed by atoms with Gasteiger partial charge in [-0.25, -0.2) is 0 Å². The summed E-state index contributed by atoms with van der Waals surface area (Å²) < 4.78 is 0. The number of likely N-dealkylation sites (tertiary alicyclic amines) is 1. The van der Waals surface area contributed by atoms with Crippen LogP contribution in [-0.4, -0.2) is 29.9 Å². The lowest BCUT2D eigenvalue weighted by Gasteiger charge is -2.45. The molecule has 0 aromatic rings. The maximum atomic E-state index is 12.8. The second-order valence-electron chi connectivity index (χ2n) is 6.88. The molecule has 112 valence electrons. The Balaban J connectivity index is 0.00000180. The lowest BCUT2D eigenvalue weighted by Crippen LogP contribution is -2.49. The van der Waals surface area contributed by atoms with Gasteiger partial charge in [0, 0.05) is 18.0 Å². The summed E-state index contributed by atoms with van der Waals surface area (Å²) in [7, 11) is 0. The van der Waals surface area contributed by atoms with E-state index in [9.17, 15) is 4.79 Å². The molecule has 2 unspecified atom stereocenters. The molecule has 2 atom stereocenters. The Morgan fingerprint density at radius 3 is 2.42 bits per heavy atom. The van der Waals surface area contributed by atoms with Crippen molar-refractivity contribution in [1.29, 1.82) is 0 Å². The van der Waals surface area contributed by atoms with Crippen molar-refractivity contribution in [1.82, 2.24) is 4.90 Å². The molecule has 2 rings (SSSR count). The summed E-state index contributed by atoms with van der Waals surface area (Å²) >= 11 is 0. The molecule has 2 N–H and O–H groups in total. The van der Waals surface area contributed by atoms with E-state index in [1.54, 1.807) is 0 Å². The molecule has 1 saturated carbocycles. The molecule has 19 heavy (non-hydrogen) atoms. The fourth-order valence-electron chi connectivity index (χ4n) is 3.79. The van der Waals surface area contributed by atoms with Crippen LogP contribution in [0.5, 0.6) is 0 Å². The molecular formula is C15H29ClN2O. The van der Waals surface area contributed by atoms with Gasteiger partial charge >= 0.3 is 0 Å². The number of nitrogens with two attached hydrogens (primary N) is 1. The Bertz CT molecular complexity index is 315. The van der Waals surface area contributed by atoms with Gasteiger partial charge in [0.1, 0.15) is 0 Å². The van der Waals surface area contributed by atoms with Crippen molar-refractivity contribution < 1.29 is 4.79 Å². The topological polar surface area (TPSA) is 46.3 Å². The van der Waals surface area contributed by atoms with Gasteiger partial charge in [0.25, 0.3) is 0 Å². The number of carbonyl (C=O) groups excluding carboxylic acids is 1. The van der Waals surface area contributed by atoms with Gasteiger partial charge in [0.2, 0.25) is 5.91 Å². The van der Waals surface area contributed by atoms with Crippen LogP contribution in [0.3, 0.4) is 0 Å². The molecule has 1 aliphatic heterocycles. The van der Waals surface area contributed by atoms with Crippen molar-refractivity contribution in [2.24, 2.45) is 23.0 Å². The van der Waals surface area contributed by atoms with E-state index in [1.165, 1.54) is 6.42 Å². The van der Waals surface area contributed by atoms with E-state index in [0.29, 0.717) is 30.3 Å². The molecule has 0 aromatic heterocycles. The fourth-order valence-corrected chi connectivity index (χ4v) is 3.79. The van der Waals surface area contributed by atoms with E-state index in [0.717, 1.165) is 32.2 Å². The molecule has 0 radical (unpaired) electrons. The third-order valence-electron chi connectivity index (χ3n) is 4.82. The minimum atomic E-state index is -0.0219. The Morgan fingerprint density at radius 2 is 2.05 bits per heavy atom. The first-order valence-corrected chi connectivity index (χ1v) is 7.49. The van der Waals surface area contributed by atoms with Crippen molar-refractivity contribution in [3.8, 4) is 0 Å². The summed E-state index contributed by atoms with van der Waals surface area (Å²) in [5.41, 5.74) is 5.73. The van der Waals surface area contributed by atoms with Gasteiger partial charge in [-0.15, -0.1) is 12.4 Å². The molecule has 0 aromatic carbocycles. The van der Waals surface area contributed by atoms with Gasteiger partial charge in [0.15, 0.2) is 0 Å². The number of halogens is 1. The third-order valence-corrected chi connectivity index (χ3v) is 4.82. The first kappa shape index (κ1) is 16.8. The first-order chi connectivity index (χ1) is 8.48. The molecule has 3 nitrogen and oxygen atoms in total. The Morgan fingerprint density at radius 1 is 1.42 bits per heavy atom. The van der Waals surface area contributed by atoms with E-state index in [4.69, 9.17) is 5.73 Å². The molecule has 4 heteroatoms. The van der Waals surface area contributed by atoms with E-state index < -0.39 is 0 Å². The van der Waals surface area contributed by atoms with Gasteiger partial charge in [-0.05, 0) is 51.0 Å². The molecule has 0 bridgehead atoms. The summed E-state index contributed by atoms with van der Waals surface area (Å²) in [4.78, 5) is 15.0. The lowest BCUT2D eigenvalue weighted by molar-refractivity contribution is -0.149. The normalized spacial score (nSPS) is 29.0. The van der Waals surface area contributed by atoms with E-state index in [1.807, 2.05) is 0 Å². The Kier molecular flexibility index (Phi) is 5.69. The highest BCUT2D eigenvalue weighted by Gasteiger charge is 2.48. The monoisotopic (exact) mass is 288 g/mol. The molecule has 2 aliphatic rings. The molecule has 1 saturated heterocycles. The van der Waals surface area contributed by atoms with Crippen molar-refractivity contribution in [3.63, 3.8) is 0 Å². The van der Waals surface area contributed by atoms with Gasteiger partial charge in [0.05, 0.1) is 0 Å². The zero-order valence-electron chi connectivity index (χ0n) is 12.5. The highest BCUT2D eigenvalue weighted by Crippen LogP contribution is 2.48. The molecular weight excluding hydrogens is 260 g/mol. The predicted molar refractivity (Wildman–Crippen MR) is 81.3 cm³/mol. The molecule has 1 amide bonds. The van der Waals surface area contributed by atoms with Crippen LogP contribution < -0.4 is 5.73 Å². The first-order valence-electron chi connectivity index (χ1n) is 7.49. The van der Waals surface area contributed by atoms with Crippen LogP contribution in [0, 0.1) is 17.3 Å². The number of rotatable bonds is 4.